The zero-order valence-corrected chi connectivity index (χ0v) is 12.1. The maximum Gasteiger partial charge on any atom is 0.0448 e. The van der Waals surface area contributed by atoms with E-state index in [4.69, 9.17) is 17.3 Å². The molecule has 0 saturated carbocycles. The predicted octanol–water partition coefficient (Wildman–Crippen LogP) is 4.98. The van der Waals surface area contributed by atoms with Crippen LogP contribution in [0.5, 0.6) is 0 Å². The largest absolute Gasteiger partial charge is 0.399 e. The standard InChI is InChI=1S/C13H11BrClNS/c14-10-1-4-12(5-2-10)17-8-9-7-11(16)3-6-13(9)15/h1-7H,8,16H2. The van der Waals surface area contributed by atoms with Gasteiger partial charge in [0, 0.05) is 25.8 Å². The molecular formula is C13H11BrClNS. The van der Waals surface area contributed by atoms with E-state index < -0.39 is 0 Å². The molecule has 2 rings (SSSR count). The van der Waals surface area contributed by atoms with E-state index in [9.17, 15) is 0 Å². The molecule has 2 N–H and O–H groups in total. The van der Waals surface area contributed by atoms with E-state index >= 15 is 0 Å². The van der Waals surface area contributed by atoms with Crippen LogP contribution in [-0.2, 0) is 5.75 Å². The van der Waals surface area contributed by atoms with Crippen LogP contribution >= 0.6 is 39.3 Å². The number of hydrogen-bond acceptors (Lipinski definition) is 2. The van der Waals surface area contributed by atoms with E-state index in [0.717, 1.165) is 26.5 Å². The second-order valence-corrected chi connectivity index (χ2v) is 5.97. The van der Waals surface area contributed by atoms with Gasteiger partial charge in [-0.3, -0.25) is 0 Å². The third-order valence-electron chi connectivity index (χ3n) is 2.28. The highest BCUT2D eigenvalue weighted by atomic mass is 79.9. The molecule has 0 spiro atoms. The van der Waals surface area contributed by atoms with Crippen LogP contribution < -0.4 is 5.73 Å². The van der Waals surface area contributed by atoms with Gasteiger partial charge in [-0.2, -0.15) is 0 Å². The Balaban J connectivity index is 2.07. The highest BCUT2D eigenvalue weighted by molar-refractivity contribution is 9.10. The quantitative estimate of drug-likeness (QED) is 0.635. The fourth-order valence-electron chi connectivity index (χ4n) is 1.40. The lowest BCUT2D eigenvalue weighted by atomic mass is 10.2. The first kappa shape index (κ1) is 12.8. The summed E-state index contributed by atoms with van der Waals surface area (Å²) in [6, 6.07) is 13.8. The lowest BCUT2D eigenvalue weighted by Gasteiger charge is -2.05. The zero-order valence-electron chi connectivity index (χ0n) is 8.99. The molecule has 0 bridgehead atoms. The van der Waals surface area contributed by atoms with Crippen LogP contribution in [0.1, 0.15) is 5.56 Å². The average Bonchev–Trinajstić information content (AvgIpc) is 2.32. The summed E-state index contributed by atoms with van der Waals surface area (Å²) in [4.78, 5) is 1.21. The lowest BCUT2D eigenvalue weighted by molar-refractivity contribution is 1.38. The Morgan fingerprint density at radius 2 is 1.82 bits per heavy atom. The van der Waals surface area contributed by atoms with Gasteiger partial charge < -0.3 is 5.73 Å². The van der Waals surface area contributed by atoms with Gasteiger partial charge in [-0.05, 0) is 48.0 Å². The van der Waals surface area contributed by atoms with Gasteiger partial charge in [-0.25, -0.2) is 0 Å². The SMILES string of the molecule is Nc1ccc(Cl)c(CSc2ccc(Br)cc2)c1. The monoisotopic (exact) mass is 327 g/mol. The van der Waals surface area contributed by atoms with Crippen molar-refractivity contribution < 1.29 is 0 Å². The molecule has 88 valence electrons. The second kappa shape index (κ2) is 5.80. The molecule has 0 heterocycles. The fraction of sp³-hybridized carbons (Fsp3) is 0.0769. The molecule has 0 aromatic heterocycles. The lowest BCUT2D eigenvalue weighted by Crippen LogP contribution is -1.88. The van der Waals surface area contributed by atoms with Crippen LogP contribution in [0.3, 0.4) is 0 Å². The van der Waals surface area contributed by atoms with Crippen LogP contribution in [0.2, 0.25) is 5.02 Å². The third kappa shape index (κ3) is 3.66. The van der Waals surface area contributed by atoms with Crippen molar-refractivity contribution in [1.29, 1.82) is 0 Å². The van der Waals surface area contributed by atoms with E-state index in [-0.39, 0.29) is 0 Å². The summed E-state index contributed by atoms with van der Waals surface area (Å²) in [6.45, 7) is 0. The van der Waals surface area contributed by atoms with E-state index in [0.29, 0.717) is 0 Å². The Morgan fingerprint density at radius 1 is 1.12 bits per heavy atom. The summed E-state index contributed by atoms with van der Waals surface area (Å²) < 4.78 is 1.09. The van der Waals surface area contributed by atoms with Crippen molar-refractivity contribution in [3.8, 4) is 0 Å². The number of nitrogens with two attached hydrogens (primary N) is 1. The van der Waals surface area contributed by atoms with Crippen LogP contribution in [0.15, 0.2) is 51.8 Å². The molecule has 0 atom stereocenters. The number of rotatable bonds is 3. The summed E-state index contributed by atoms with van der Waals surface area (Å²) in [5.41, 5.74) is 7.56. The molecule has 0 amide bonds. The normalized spacial score (nSPS) is 10.5. The summed E-state index contributed by atoms with van der Waals surface area (Å²) in [5, 5.41) is 0.767. The summed E-state index contributed by atoms with van der Waals surface area (Å²) in [7, 11) is 0. The number of halogens is 2. The van der Waals surface area contributed by atoms with Gasteiger partial charge in [0.25, 0.3) is 0 Å². The fourth-order valence-corrected chi connectivity index (χ4v) is 2.81. The maximum atomic E-state index is 6.11. The minimum Gasteiger partial charge on any atom is -0.399 e. The van der Waals surface area contributed by atoms with Gasteiger partial charge >= 0.3 is 0 Å². The molecule has 0 aliphatic rings. The topological polar surface area (TPSA) is 26.0 Å². The van der Waals surface area contributed by atoms with Gasteiger partial charge in [-0.1, -0.05) is 27.5 Å². The van der Waals surface area contributed by atoms with Gasteiger partial charge in [0.15, 0.2) is 0 Å². The van der Waals surface area contributed by atoms with Crippen molar-refractivity contribution in [3.05, 3.63) is 57.5 Å². The highest BCUT2D eigenvalue weighted by Crippen LogP contribution is 2.28. The molecule has 0 aliphatic carbocycles. The molecule has 1 nitrogen and oxygen atoms in total. The number of nitrogen functional groups attached to an aromatic ring is 1. The van der Waals surface area contributed by atoms with Crippen LogP contribution in [0.4, 0.5) is 5.69 Å². The molecule has 0 fully saturated rings. The summed E-state index contributed by atoms with van der Waals surface area (Å²) >= 11 is 11.3. The van der Waals surface area contributed by atoms with Crippen molar-refractivity contribution in [2.75, 3.05) is 5.73 Å². The predicted molar refractivity (Wildman–Crippen MR) is 79.6 cm³/mol. The minimum absolute atomic E-state index is 0.751. The van der Waals surface area contributed by atoms with E-state index in [2.05, 4.69) is 28.1 Å². The number of anilines is 1. The van der Waals surface area contributed by atoms with Gasteiger partial charge in [0.05, 0.1) is 0 Å². The Hall–Kier alpha value is -0.640. The average molecular weight is 329 g/mol. The Kier molecular flexibility index (Phi) is 4.37. The first-order valence-corrected chi connectivity index (χ1v) is 7.23. The second-order valence-electron chi connectivity index (χ2n) is 3.59. The van der Waals surface area contributed by atoms with E-state index in [1.54, 1.807) is 11.8 Å². The minimum atomic E-state index is 0.751. The first-order chi connectivity index (χ1) is 8.15. The number of benzene rings is 2. The van der Waals surface area contributed by atoms with Gasteiger partial charge in [-0.15, -0.1) is 11.8 Å². The molecule has 0 aliphatic heterocycles. The molecule has 4 heteroatoms. The van der Waals surface area contributed by atoms with Crippen molar-refractivity contribution in [2.24, 2.45) is 0 Å². The van der Waals surface area contributed by atoms with Crippen molar-refractivity contribution in [1.82, 2.24) is 0 Å². The van der Waals surface area contributed by atoms with Crippen molar-refractivity contribution in [3.63, 3.8) is 0 Å². The molecule has 2 aromatic carbocycles. The molecule has 2 aromatic rings. The third-order valence-corrected chi connectivity index (χ3v) is 4.24. The maximum absolute atomic E-state index is 6.11. The number of hydrogen-bond donors (Lipinski definition) is 1. The van der Waals surface area contributed by atoms with E-state index in [1.807, 2.05) is 30.3 Å². The van der Waals surface area contributed by atoms with Crippen LogP contribution in [-0.4, -0.2) is 0 Å². The summed E-state index contributed by atoms with van der Waals surface area (Å²) in [6.07, 6.45) is 0. The van der Waals surface area contributed by atoms with Crippen molar-refractivity contribution in [2.45, 2.75) is 10.6 Å². The Morgan fingerprint density at radius 3 is 2.53 bits per heavy atom. The van der Waals surface area contributed by atoms with E-state index in [1.165, 1.54) is 4.90 Å². The molecule has 17 heavy (non-hydrogen) atoms. The molecule has 0 saturated heterocycles. The summed E-state index contributed by atoms with van der Waals surface area (Å²) in [5.74, 6) is 0.825. The van der Waals surface area contributed by atoms with Crippen molar-refractivity contribution >= 4 is 45.0 Å². The smallest absolute Gasteiger partial charge is 0.0448 e. The number of thioether (sulfide) groups is 1. The Bertz CT molecular complexity index is 513. The highest BCUT2D eigenvalue weighted by Gasteiger charge is 2.02. The first-order valence-electron chi connectivity index (χ1n) is 5.07. The molecular weight excluding hydrogens is 318 g/mol. The van der Waals surface area contributed by atoms with Crippen LogP contribution in [0, 0.1) is 0 Å². The van der Waals surface area contributed by atoms with Crippen LogP contribution in [0.25, 0.3) is 0 Å². The van der Waals surface area contributed by atoms with Gasteiger partial charge in [0.2, 0.25) is 0 Å². The Labute approximate surface area is 118 Å². The molecule has 0 radical (unpaired) electrons. The van der Waals surface area contributed by atoms with Gasteiger partial charge in [0.1, 0.15) is 0 Å². The zero-order chi connectivity index (χ0) is 12.3. The molecule has 0 unspecified atom stereocenters.